The standard InChI is InChI=1S/C15H23NO4S2/c1-15(2,20-3)8-10-22(18,19)16-14(17)12-5-4-6-13-11(12)7-9-21-13/h7,9,12H,4-6,8,10H2,1-3H3,(H,16,17)/t12-/m0/s1. The predicted molar refractivity (Wildman–Crippen MR) is 87.6 cm³/mol. The number of methoxy groups -OCH3 is 1. The Bertz CT molecular complexity index is 634. The molecule has 1 N–H and O–H groups in total. The largest absolute Gasteiger partial charge is 0.379 e. The summed E-state index contributed by atoms with van der Waals surface area (Å²) in [5.41, 5.74) is 0.463. The van der Waals surface area contributed by atoms with Crippen molar-refractivity contribution in [2.24, 2.45) is 0 Å². The van der Waals surface area contributed by atoms with Gasteiger partial charge in [-0.1, -0.05) is 0 Å². The second-order valence-corrected chi connectivity index (χ2v) is 9.09. The molecule has 0 bridgehead atoms. The molecule has 0 aromatic carbocycles. The van der Waals surface area contributed by atoms with E-state index in [0.29, 0.717) is 12.8 Å². The van der Waals surface area contributed by atoms with Gasteiger partial charge < -0.3 is 4.74 Å². The summed E-state index contributed by atoms with van der Waals surface area (Å²) in [5, 5.41) is 1.96. The van der Waals surface area contributed by atoms with Gasteiger partial charge in [0.05, 0.1) is 17.3 Å². The molecule has 0 saturated carbocycles. The normalized spacial score (nSPS) is 18.8. The Morgan fingerprint density at radius 2 is 2.23 bits per heavy atom. The van der Waals surface area contributed by atoms with Gasteiger partial charge >= 0.3 is 0 Å². The van der Waals surface area contributed by atoms with Crippen LogP contribution in [-0.2, 0) is 26.0 Å². The van der Waals surface area contributed by atoms with E-state index in [-0.39, 0.29) is 11.7 Å². The summed E-state index contributed by atoms with van der Waals surface area (Å²) in [7, 11) is -2.09. The molecular formula is C15H23NO4S2. The van der Waals surface area contributed by atoms with Crippen LogP contribution in [-0.4, -0.2) is 32.8 Å². The van der Waals surface area contributed by atoms with Crippen LogP contribution in [0.15, 0.2) is 11.4 Å². The minimum absolute atomic E-state index is 0.122. The van der Waals surface area contributed by atoms with Crippen LogP contribution >= 0.6 is 11.3 Å². The first-order chi connectivity index (χ1) is 10.2. The third-order valence-corrected chi connectivity index (χ3v) is 6.40. The summed E-state index contributed by atoms with van der Waals surface area (Å²) in [4.78, 5) is 13.6. The topological polar surface area (TPSA) is 72.5 Å². The van der Waals surface area contributed by atoms with Gasteiger partial charge in [-0.3, -0.25) is 9.52 Å². The molecule has 1 heterocycles. The number of carbonyl (C=O) groups excluding carboxylic acids is 1. The van der Waals surface area contributed by atoms with Crippen molar-refractivity contribution in [1.82, 2.24) is 4.72 Å². The Kier molecular flexibility index (Phi) is 5.29. The number of fused-ring (bicyclic) bond motifs is 1. The molecule has 0 saturated heterocycles. The van der Waals surface area contributed by atoms with Crippen molar-refractivity contribution >= 4 is 27.3 Å². The van der Waals surface area contributed by atoms with Crippen LogP contribution in [0.4, 0.5) is 0 Å². The molecule has 1 aliphatic rings. The van der Waals surface area contributed by atoms with Crippen molar-refractivity contribution in [1.29, 1.82) is 0 Å². The summed E-state index contributed by atoms with van der Waals surface area (Å²) in [6, 6.07) is 1.93. The number of rotatable bonds is 6. The van der Waals surface area contributed by atoms with Gasteiger partial charge in [-0.05, 0) is 56.5 Å². The maximum absolute atomic E-state index is 12.4. The highest BCUT2D eigenvalue weighted by Crippen LogP contribution is 2.35. The Balaban J connectivity index is 2.00. The molecule has 1 aliphatic carbocycles. The number of nitrogens with one attached hydrogen (secondary N) is 1. The SMILES string of the molecule is COC(C)(C)CCS(=O)(=O)NC(=O)[C@H]1CCCc2sccc21. The highest BCUT2D eigenvalue weighted by molar-refractivity contribution is 7.90. The highest BCUT2D eigenvalue weighted by Gasteiger charge is 2.30. The first-order valence-corrected chi connectivity index (χ1v) is 9.93. The number of thiophene rings is 1. The first-order valence-electron chi connectivity index (χ1n) is 7.40. The van der Waals surface area contributed by atoms with Gasteiger partial charge in [-0.15, -0.1) is 11.3 Å². The van der Waals surface area contributed by atoms with Crippen LogP contribution < -0.4 is 4.72 Å². The van der Waals surface area contributed by atoms with Gasteiger partial charge in [0.1, 0.15) is 0 Å². The molecule has 1 aromatic rings. The summed E-state index contributed by atoms with van der Waals surface area (Å²) in [6.45, 7) is 3.65. The highest BCUT2D eigenvalue weighted by atomic mass is 32.2. The minimum atomic E-state index is -3.64. The molecule has 2 rings (SSSR count). The average Bonchev–Trinajstić information content (AvgIpc) is 2.93. The molecule has 0 radical (unpaired) electrons. The van der Waals surface area contributed by atoms with Crippen LogP contribution in [0.2, 0.25) is 0 Å². The number of carbonyl (C=O) groups is 1. The molecule has 124 valence electrons. The maximum Gasteiger partial charge on any atom is 0.241 e. The Hall–Kier alpha value is -0.920. The maximum atomic E-state index is 12.4. The number of hydrogen-bond donors (Lipinski definition) is 1. The zero-order valence-corrected chi connectivity index (χ0v) is 14.9. The number of sulfonamides is 1. The molecule has 1 amide bonds. The van der Waals surface area contributed by atoms with Crippen LogP contribution in [0, 0.1) is 0 Å². The van der Waals surface area contributed by atoms with Gasteiger partial charge in [-0.2, -0.15) is 0 Å². The van der Waals surface area contributed by atoms with Crippen molar-refractivity contribution < 1.29 is 17.9 Å². The van der Waals surface area contributed by atoms with Crippen molar-refractivity contribution in [3.8, 4) is 0 Å². The summed E-state index contributed by atoms with van der Waals surface area (Å²) in [6.07, 6.45) is 2.93. The van der Waals surface area contributed by atoms with Crippen LogP contribution in [0.1, 0.15) is 49.5 Å². The Labute approximate surface area is 136 Å². The van der Waals surface area contributed by atoms with Crippen LogP contribution in [0.5, 0.6) is 0 Å². The molecule has 7 heteroatoms. The summed E-state index contributed by atoms with van der Waals surface area (Å²) < 4.78 is 31.7. The van der Waals surface area contributed by atoms with Crippen molar-refractivity contribution in [3.05, 3.63) is 21.9 Å². The van der Waals surface area contributed by atoms with E-state index in [1.54, 1.807) is 18.4 Å². The molecule has 0 fully saturated rings. The smallest absolute Gasteiger partial charge is 0.241 e. The number of ether oxygens (including phenoxy) is 1. The number of hydrogen-bond acceptors (Lipinski definition) is 5. The number of aryl methyl sites for hydroxylation is 1. The van der Waals surface area contributed by atoms with E-state index < -0.39 is 21.5 Å². The monoisotopic (exact) mass is 345 g/mol. The van der Waals surface area contributed by atoms with E-state index >= 15 is 0 Å². The van der Waals surface area contributed by atoms with Gasteiger partial charge in [-0.25, -0.2) is 8.42 Å². The van der Waals surface area contributed by atoms with Crippen molar-refractivity contribution in [2.45, 2.75) is 51.0 Å². The molecule has 0 aliphatic heterocycles. The van der Waals surface area contributed by atoms with E-state index in [1.165, 1.54) is 4.88 Å². The van der Waals surface area contributed by atoms with E-state index in [0.717, 1.165) is 18.4 Å². The molecule has 22 heavy (non-hydrogen) atoms. The average molecular weight is 345 g/mol. The molecular weight excluding hydrogens is 322 g/mol. The minimum Gasteiger partial charge on any atom is -0.379 e. The zero-order valence-electron chi connectivity index (χ0n) is 13.2. The fraction of sp³-hybridized carbons (Fsp3) is 0.667. The molecule has 1 aromatic heterocycles. The lowest BCUT2D eigenvalue weighted by Gasteiger charge is -2.24. The summed E-state index contributed by atoms with van der Waals surface area (Å²) in [5.74, 6) is -0.877. The zero-order chi connectivity index (χ0) is 16.4. The van der Waals surface area contributed by atoms with E-state index in [2.05, 4.69) is 4.72 Å². The third-order valence-electron chi connectivity index (χ3n) is 4.15. The van der Waals surface area contributed by atoms with Gasteiger partial charge in [0.25, 0.3) is 0 Å². The fourth-order valence-electron chi connectivity index (χ4n) is 2.52. The fourth-order valence-corrected chi connectivity index (χ4v) is 4.82. The summed E-state index contributed by atoms with van der Waals surface area (Å²) >= 11 is 1.64. The quantitative estimate of drug-likeness (QED) is 0.859. The van der Waals surface area contributed by atoms with Gasteiger partial charge in [0.15, 0.2) is 0 Å². The van der Waals surface area contributed by atoms with E-state index in [1.807, 2.05) is 25.3 Å². The first kappa shape index (κ1) is 17.4. The second-order valence-electron chi connectivity index (χ2n) is 6.24. The predicted octanol–water partition coefficient (Wildman–Crippen LogP) is 2.43. The van der Waals surface area contributed by atoms with E-state index in [4.69, 9.17) is 4.74 Å². The lowest BCUT2D eigenvalue weighted by atomic mass is 9.87. The van der Waals surface area contributed by atoms with Crippen molar-refractivity contribution in [3.63, 3.8) is 0 Å². The molecule has 1 atom stereocenters. The number of amides is 1. The van der Waals surface area contributed by atoms with Crippen LogP contribution in [0.3, 0.4) is 0 Å². The lowest BCUT2D eigenvalue weighted by Crippen LogP contribution is -2.38. The van der Waals surface area contributed by atoms with E-state index in [9.17, 15) is 13.2 Å². The third kappa shape index (κ3) is 4.30. The molecule has 0 spiro atoms. The molecule has 0 unspecified atom stereocenters. The molecule has 5 nitrogen and oxygen atoms in total. The Morgan fingerprint density at radius 3 is 2.91 bits per heavy atom. The van der Waals surface area contributed by atoms with Crippen LogP contribution in [0.25, 0.3) is 0 Å². The van der Waals surface area contributed by atoms with Gasteiger partial charge in [0.2, 0.25) is 15.9 Å². The lowest BCUT2D eigenvalue weighted by molar-refractivity contribution is -0.121. The van der Waals surface area contributed by atoms with Crippen molar-refractivity contribution in [2.75, 3.05) is 12.9 Å². The second kappa shape index (κ2) is 6.68. The Morgan fingerprint density at radius 1 is 1.50 bits per heavy atom. The van der Waals surface area contributed by atoms with Gasteiger partial charge in [0, 0.05) is 12.0 Å².